The van der Waals surface area contributed by atoms with E-state index in [1.807, 2.05) is 0 Å². The van der Waals surface area contributed by atoms with Gasteiger partial charge in [0.1, 0.15) is 5.75 Å². The molecule has 0 aliphatic rings. The van der Waals surface area contributed by atoms with E-state index < -0.39 is 27.9 Å². The number of anilines is 1. The molecule has 0 saturated carbocycles. The van der Waals surface area contributed by atoms with E-state index in [1.165, 1.54) is 38.2 Å². The Morgan fingerprint density at radius 1 is 1.04 bits per heavy atom. The van der Waals surface area contributed by atoms with E-state index in [0.29, 0.717) is 5.75 Å². The highest BCUT2D eigenvalue weighted by Gasteiger charge is 2.30. The number of carbonyl (C=O) groups excluding carboxylic acids is 1. The molecule has 2 aromatic rings. The number of benzene rings is 2. The van der Waals surface area contributed by atoms with Crippen LogP contribution in [0.4, 0.5) is 18.9 Å². The Kier molecular flexibility index (Phi) is 5.99. The van der Waals surface area contributed by atoms with Gasteiger partial charge in [0.05, 0.1) is 10.5 Å². The third-order valence-electron chi connectivity index (χ3n) is 3.53. The van der Waals surface area contributed by atoms with Crippen molar-refractivity contribution in [2.45, 2.75) is 24.1 Å². The van der Waals surface area contributed by atoms with E-state index in [0.717, 1.165) is 24.3 Å². The Morgan fingerprint density at radius 2 is 1.59 bits per heavy atom. The zero-order valence-corrected chi connectivity index (χ0v) is 15.2. The van der Waals surface area contributed by atoms with Crippen LogP contribution in [-0.4, -0.2) is 27.5 Å². The van der Waals surface area contributed by atoms with Gasteiger partial charge in [-0.2, -0.15) is 13.2 Å². The summed E-state index contributed by atoms with van der Waals surface area (Å²) in [6, 6.07) is 8.91. The molecule has 0 heterocycles. The molecule has 6 nitrogen and oxygen atoms in total. The molecular weight excluding hydrogens is 385 g/mol. The summed E-state index contributed by atoms with van der Waals surface area (Å²) in [7, 11) is -2.53. The summed E-state index contributed by atoms with van der Waals surface area (Å²) in [5.74, 6) is -0.0461. The van der Waals surface area contributed by atoms with Crippen molar-refractivity contribution < 1.29 is 31.1 Å². The summed E-state index contributed by atoms with van der Waals surface area (Å²) >= 11 is 0. The van der Waals surface area contributed by atoms with Crippen LogP contribution in [-0.2, 0) is 21.0 Å². The molecule has 0 aliphatic carbocycles. The lowest BCUT2D eigenvalue weighted by molar-refractivity contribution is -0.137. The number of rotatable bonds is 6. The third kappa shape index (κ3) is 5.36. The summed E-state index contributed by atoms with van der Waals surface area (Å²) in [6.07, 6.45) is -5.26. The minimum atomic E-state index is -4.50. The first-order chi connectivity index (χ1) is 12.5. The fourth-order valence-corrected chi connectivity index (χ4v) is 3.16. The molecular formula is C17H17F3N2O4S. The van der Waals surface area contributed by atoms with Gasteiger partial charge in [0.25, 0.3) is 15.9 Å². The van der Waals surface area contributed by atoms with E-state index in [4.69, 9.17) is 4.74 Å². The molecule has 0 saturated heterocycles. The number of carbonyl (C=O) groups is 1. The topological polar surface area (TPSA) is 84.5 Å². The zero-order valence-electron chi connectivity index (χ0n) is 14.4. The van der Waals surface area contributed by atoms with Gasteiger partial charge < -0.3 is 10.1 Å². The number of nitrogens with one attached hydrogen (secondary N) is 2. The van der Waals surface area contributed by atoms with E-state index >= 15 is 0 Å². The summed E-state index contributed by atoms with van der Waals surface area (Å²) < 4.78 is 69.9. The van der Waals surface area contributed by atoms with Crippen LogP contribution < -0.4 is 14.8 Å². The van der Waals surface area contributed by atoms with Gasteiger partial charge in [0, 0.05) is 12.7 Å². The maximum atomic E-state index is 12.5. The second kappa shape index (κ2) is 7.87. The maximum Gasteiger partial charge on any atom is 0.416 e. The van der Waals surface area contributed by atoms with Crippen LogP contribution >= 0.6 is 0 Å². The predicted octanol–water partition coefficient (Wildman–Crippen LogP) is 3.02. The van der Waals surface area contributed by atoms with Gasteiger partial charge in [0.2, 0.25) is 0 Å². The number of ether oxygens (including phenoxy) is 1. The van der Waals surface area contributed by atoms with Crippen molar-refractivity contribution in [3.63, 3.8) is 0 Å². The Bertz CT molecular complexity index is 895. The minimum absolute atomic E-state index is 0.00318. The third-order valence-corrected chi connectivity index (χ3v) is 4.92. The largest absolute Gasteiger partial charge is 0.481 e. The van der Waals surface area contributed by atoms with Gasteiger partial charge in [-0.05, 0) is 55.5 Å². The molecule has 10 heteroatoms. The second-order valence-corrected chi connectivity index (χ2v) is 7.21. The van der Waals surface area contributed by atoms with Crippen molar-refractivity contribution in [2.75, 3.05) is 11.8 Å². The molecule has 1 amide bonds. The molecule has 0 bridgehead atoms. The Morgan fingerprint density at radius 3 is 2.07 bits per heavy atom. The van der Waals surface area contributed by atoms with Crippen molar-refractivity contribution in [2.24, 2.45) is 0 Å². The van der Waals surface area contributed by atoms with E-state index in [9.17, 15) is 26.4 Å². The van der Waals surface area contributed by atoms with E-state index in [1.54, 1.807) is 0 Å². The number of hydrogen-bond donors (Lipinski definition) is 2. The molecule has 2 N–H and O–H groups in total. The van der Waals surface area contributed by atoms with E-state index in [2.05, 4.69) is 10.0 Å². The fourth-order valence-electron chi connectivity index (χ4n) is 2.10. The van der Waals surface area contributed by atoms with Crippen LogP contribution in [0.15, 0.2) is 53.4 Å². The number of hydrogen-bond acceptors (Lipinski definition) is 4. The average Bonchev–Trinajstić information content (AvgIpc) is 2.60. The summed E-state index contributed by atoms with van der Waals surface area (Å²) in [4.78, 5) is 11.3. The molecule has 0 radical (unpaired) electrons. The summed E-state index contributed by atoms with van der Waals surface area (Å²) in [5, 5.41) is 2.42. The Balaban J connectivity index is 2.11. The quantitative estimate of drug-likeness (QED) is 0.778. The van der Waals surface area contributed by atoms with Gasteiger partial charge >= 0.3 is 6.18 Å². The molecule has 0 fully saturated rings. The van der Waals surface area contributed by atoms with Crippen molar-refractivity contribution in [3.8, 4) is 5.75 Å². The predicted molar refractivity (Wildman–Crippen MR) is 92.9 cm³/mol. The molecule has 27 heavy (non-hydrogen) atoms. The SMILES string of the molecule is CNC(=O)[C@H](C)Oc1ccc(S(=O)(=O)Nc2ccc(C(F)(F)F)cc2)cc1. The van der Waals surface area contributed by atoms with Crippen molar-refractivity contribution in [1.82, 2.24) is 5.32 Å². The van der Waals surface area contributed by atoms with Crippen molar-refractivity contribution in [3.05, 3.63) is 54.1 Å². The monoisotopic (exact) mass is 402 g/mol. The number of alkyl halides is 3. The van der Waals surface area contributed by atoms with Gasteiger partial charge in [-0.1, -0.05) is 0 Å². The van der Waals surface area contributed by atoms with Crippen LogP contribution in [0.1, 0.15) is 12.5 Å². The molecule has 2 aromatic carbocycles. The minimum Gasteiger partial charge on any atom is -0.481 e. The number of halogens is 3. The molecule has 0 spiro atoms. The molecule has 0 aromatic heterocycles. The lowest BCUT2D eigenvalue weighted by Gasteiger charge is -2.14. The standard InChI is InChI=1S/C17H17F3N2O4S/c1-11(16(23)21-2)26-14-7-9-15(10-8-14)27(24,25)22-13-5-3-12(4-6-13)17(18,19)20/h3-11,22H,1-2H3,(H,21,23)/t11-/m0/s1. The number of sulfonamides is 1. The van der Waals surface area contributed by atoms with Gasteiger partial charge in [-0.15, -0.1) is 0 Å². The van der Waals surface area contributed by atoms with Crippen molar-refractivity contribution in [1.29, 1.82) is 0 Å². The molecule has 1 atom stereocenters. The highest BCUT2D eigenvalue weighted by atomic mass is 32.2. The second-order valence-electron chi connectivity index (χ2n) is 5.53. The van der Waals surface area contributed by atoms with Crippen LogP contribution in [0, 0.1) is 0 Å². The van der Waals surface area contributed by atoms with Gasteiger partial charge in [-0.25, -0.2) is 8.42 Å². The molecule has 2 rings (SSSR count). The highest BCUT2D eigenvalue weighted by molar-refractivity contribution is 7.92. The lowest BCUT2D eigenvalue weighted by Crippen LogP contribution is -2.33. The summed E-state index contributed by atoms with van der Waals surface area (Å²) in [5.41, 5.74) is -0.881. The van der Waals surface area contributed by atoms with Crippen LogP contribution in [0.2, 0.25) is 0 Å². The van der Waals surface area contributed by atoms with Crippen molar-refractivity contribution >= 4 is 21.6 Å². The first-order valence-electron chi connectivity index (χ1n) is 7.71. The fraction of sp³-hybridized carbons (Fsp3) is 0.235. The maximum absolute atomic E-state index is 12.5. The number of amides is 1. The van der Waals surface area contributed by atoms with E-state index in [-0.39, 0.29) is 16.5 Å². The zero-order chi connectivity index (χ0) is 20.2. The van der Waals surface area contributed by atoms with Gasteiger partial charge in [0.15, 0.2) is 6.10 Å². The van der Waals surface area contributed by atoms with Crippen LogP contribution in [0.5, 0.6) is 5.75 Å². The highest BCUT2D eigenvalue weighted by Crippen LogP contribution is 2.30. The van der Waals surface area contributed by atoms with Gasteiger partial charge in [-0.3, -0.25) is 9.52 Å². The number of likely N-dealkylation sites (N-methyl/N-ethyl adjacent to an activating group) is 1. The molecule has 0 aliphatic heterocycles. The Hall–Kier alpha value is -2.75. The molecule has 0 unspecified atom stereocenters. The lowest BCUT2D eigenvalue weighted by atomic mass is 10.2. The molecule has 146 valence electrons. The summed E-state index contributed by atoms with van der Waals surface area (Å²) in [6.45, 7) is 1.54. The van der Waals surface area contributed by atoms with Crippen LogP contribution in [0.3, 0.4) is 0 Å². The van der Waals surface area contributed by atoms with Crippen LogP contribution in [0.25, 0.3) is 0 Å². The average molecular weight is 402 g/mol. The Labute approximate surface area is 154 Å². The first-order valence-corrected chi connectivity index (χ1v) is 9.19. The first kappa shape index (κ1) is 20.6. The normalized spacial score (nSPS) is 12.9. The smallest absolute Gasteiger partial charge is 0.416 e.